The van der Waals surface area contributed by atoms with Crippen molar-refractivity contribution in [1.29, 1.82) is 0 Å². The van der Waals surface area contributed by atoms with Crippen LogP contribution in [0.5, 0.6) is 11.5 Å². The summed E-state index contributed by atoms with van der Waals surface area (Å²) < 4.78 is 11.8. The Morgan fingerprint density at radius 3 is 1.95 bits per heavy atom. The number of rotatable bonds is 7. The number of halogens is 3. The second kappa shape index (κ2) is 12.7. The van der Waals surface area contributed by atoms with Crippen LogP contribution < -0.4 is 14.9 Å². The molecular formula is C28H17Cl2IN2O5. The summed E-state index contributed by atoms with van der Waals surface area (Å²) in [5.41, 5.74) is 3.81. The number of benzene rings is 4. The summed E-state index contributed by atoms with van der Waals surface area (Å²) in [6.07, 6.45) is 1.32. The van der Waals surface area contributed by atoms with Crippen LogP contribution in [0.4, 0.5) is 0 Å². The first-order valence-corrected chi connectivity index (χ1v) is 12.8. The van der Waals surface area contributed by atoms with Crippen molar-refractivity contribution in [3.63, 3.8) is 0 Å². The molecule has 0 aliphatic heterocycles. The van der Waals surface area contributed by atoms with E-state index in [1.807, 2.05) is 6.07 Å². The first-order valence-electron chi connectivity index (χ1n) is 11.0. The fourth-order valence-corrected chi connectivity index (χ4v) is 4.02. The van der Waals surface area contributed by atoms with Gasteiger partial charge in [-0.25, -0.2) is 15.0 Å². The molecule has 0 aliphatic carbocycles. The van der Waals surface area contributed by atoms with Gasteiger partial charge in [-0.2, -0.15) is 5.10 Å². The monoisotopic (exact) mass is 658 g/mol. The van der Waals surface area contributed by atoms with Crippen LogP contribution in [-0.4, -0.2) is 24.1 Å². The molecule has 0 unspecified atom stereocenters. The lowest BCUT2D eigenvalue weighted by Crippen LogP contribution is -2.19. The van der Waals surface area contributed by atoms with Crippen molar-refractivity contribution in [3.8, 4) is 11.5 Å². The summed E-state index contributed by atoms with van der Waals surface area (Å²) >= 11 is 13.8. The van der Waals surface area contributed by atoms with Crippen LogP contribution in [0.1, 0.15) is 36.6 Å². The quantitative estimate of drug-likeness (QED) is 0.0775. The zero-order chi connectivity index (χ0) is 27.1. The van der Waals surface area contributed by atoms with Crippen LogP contribution in [0.15, 0.2) is 96.1 Å². The number of hydrogen-bond donors (Lipinski definition) is 1. The van der Waals surface area contributed by atoms with E-state index in [1.165, 1.54) is 48.7 Å². The third-order valence-corrected chi connectivity index (χ3v) is 6.49. The van der Waals surface area contributed by atoms with E-state index in [2.05, 4.69) is 33.1 Å². The van der Waals surface area contributed by atoms with Gasteiger partial charge in [-0.3, -0.25) is 4.79 Å². The van der Waals surface area contributed by atoms with Crippen molar-refractivity contribution in [2.45, 2.75) is 0 Å². The van der Waals surface area contributed by atoms with Gasteiger partial charge in [0.05, 0.1) is 22.9 Å². The van der Waals surface area contributed by atoms with Gasteiger partial charge in [0.1, 0.15) is 11.5 Å². The highest BCUT2D eigenvalue weighted by molar-refractivity contribution is 14.1. The number of carbonyl (C=O) groups is 3. The van der Waals surface area contributed by atoms with Crippen molar-refractivity contribution < 1.29 is 23.9 Å². The SMILES string of the molecule is O=C(Oc1ccc(/C=N\NC(=O)c2ccccc2I)c(OC(=O)c2ccc(Cl)cc2)c1)c1ccc(Cl)cc1. The summed E-state index contributed by atoms with van der Waals surface area (Å²) in [6, 6.07) is 23.8. The van der Waals surface area contributed by atoms with Gasteiger partial charge >= 0.3 is 11.9 Å². The summed E-state index contributed by atoms with van der Waals surface area (Å²) in [5.74, 6) is -1.51. The summed E-state index contributed by atoms with van der Waals surface area (Å²) in [6.45, 7) is 0. The lowest BCUT2D eigenvalue weighted by molar-refractivity contribution is 0.0732. The highest BCUT2D eigenvalue weighted by Crippen LogP contribution is 2.26. The fraction of sp³-hybridized carbons (Fsp3) is 0. The molecule has 7 nitrogen and oxygen atoms in total. The van der Waals surface area contributed by atoms with E-state index >= 15 is 0 Å². The molecule has 0 fully saturated rings. The average Bonchev–Trinajstić information content (AvgIpc) is 2.90. The number of nitrogens with one attached hydrogen (secondary N) is 1. The predicted octanol–water partition coefficient (Wildman–Crippen LogP) is 6.80. The molecule has 0 saturated carbocycles. The molecule has 0 aromatic heterocycles. The minimum atomic E-state index is -0.666. The second-order valence-corrected chi connectivity index (χ2v) is 9.71. The normalized spacial score (nSPS) is 10.7. The Morgan fingerprint density at radius 1 is 0.763 bits per heavy atom. The fourth-order valence-electron chi connectivity index (χ4n) is 3.14. The highest BCUT2D eigenvalue weighted by atomic mass is 127. The van der Waals surface area contributed by atoms with Crippen LogP contribution in [0.2, 0.25) is 10.0 Å². The van der Waals surface area contributed by atoms with Gasteiger partial charge in [0, 0.05) is 25.2 Å². The van der Waals surface area contributed by atoms with Crippen molar-refractivity contribution >= 4 is 69.9 Å². The molecule has 0 radical (unpaired) electrons. The molecule has 190 valence electrons. The van der Waals surface area contributed by atoms with Gasteiger partial charge in [-0.1, -0.05) is 35.3 Å². The van der Waals surface area contributed by atoms with Crippen LogP contribution >= 0.6 is 45.8 Å². The topological polar surface area (TPSA) is 94.1 Å². The smallest absolute Gasteiger partial charge is 0.343 e. The molecule has 1 amide bonds. The van der Waals surface area contributed by atoms with Gasteiger partial charge in [-0.05, 0) is 95.4 Å². The lowest BCUT2D eigenvalue weighted by atomic mass is 10.2. The predicted molar refractivity (Wildman–Crippen MR) is 153 cm³/mol. The third kappa shape index (κ3) is 7.18. The lowest BCUT2D eigenvalue weighted by Gasteiger charge is -2.11. The average molecular weight is 659 g/mol. The third-order valence-electron chi connectivity index (χ3n) is 5.05. The Kier molecular flexibility index (Phi) is 9.11. The van der Waals surface area contributed by atoms with E-state index in [9.17, 15) is 14.4 Å². The van der Waals surface area contributed by atoms with E-state index in [1.54, 1.807) is 42.5 Å². The first-order chi connectivity index (χ1) is 18.3. The molecule has 38 heavy (non-hydrogen) atoms. The molecule has 0 heterocycles. The van der Waals surface area contributed by atoms with Gasteiger partial charge < -0.3 is 9.47 Å². The van der Waals surface area contributed by atoms with E-state index in [4.69, 9.17) is 32.7 Å². The van der Waals surface area contributed by atoms with Crippen LogP contribution in [-0.2, 0) is 0 Å². The van der Waals surface area contributed by atoms with Crippen molar-refractivity contribution in [2.75, 3.05) is 0 Å². The molecule has 0 spiro atoms. The van der Waals surface area contributed by atoms with Crippen LogP contribution in [0, 0.1) is 3.57 Å². The number of amides is 1. The Bertz CT molecular complexity index is 1520. The van der Waals surface area contributed by atoms with Gasteiger partial charge in [0.2, 0.25) is 0 Å². The minimum absolute atomic E-state index is 0.0543. The maximum atomic E-state index is 12.8. The maximum Gasteiger partial charge on any atom is 0.343 e. The number of esters is 2. The molecule has 4 aromatic carbocycles. The number of nitrogens with zero attached hydrogens (tertiary/aromatic N) is 1. The van der Waals surface area contributed by atoms with Crippen LogP contribution in [0.25, 0.3) is 0 Å². The van der Waals surface area contributed by atoms with E-state index in [0.717, 1.165) is 3.57 Å². The number of hydrazone groups is 1. The molecule has 4 aromatic rings. The molecule has 10 heteroatoms. The zero-order valence-electron chi connectivity index (χ0n) is 19.4. The van der Waals surface area contributed by atoms with Crippen molar-refractivity contribution in [1.82, 2.24) is 5.43 Å². The summed E-state index contributed by atoms with van der Waals surface area (Å²) in [4.78, 5) is 37.8. The van der Waals surface area contributed by atoms with Gasteiger partial charge in [-0.15, -0.1) is 0 Å². The maximum absolute atomic E-state index is 12.8. The van der Waals surface area contributed by atoms with E-state index in [-0.39, 0.29) is 22.6 Å². The van der Waals surface area contributed by atoms with Crippen molar-refractivity contribution in [2.24, 2.45) is 5.10 Å². The largest absolute Gasteiger partial charge is 0.423 e. The second-order valence-electron chi connectivity index (χ2n) is 7.67. The molecule has 4 rings (SSSR count). The molecule has 0 bridgehead atoms. The standard InChI is InChI=1S/C28H17Cl2IN2O5/c29-20-10-5-17(6-11-20)27(35)37-22-14-9-19(16-32-33-26(34)23-3-1-2-4-24(23)31)25(15-22)38-28(36)18-7-12-21(30)13-8-18/h1-16H,(H,33,34)/b32-16-. The van der Waals surface area contributed by atoms with E-state index in [0.29, 0.717) is 21.2 Å². The summed E-state index contributed by atoms with van der Waals surface area (Å²) in [7, 11) is 0. The molecule has 1 N–H and O–H groups in total. The minimum Gasteiger partial charge on any atom is -0.423 e. The van der Waals surface area contributed by atoms with Crippen molar-refractivity contribution in [3.05, 3.63) is 127 Å². The van der Waals surface area contributed by atoms with Crippen LogP contribution in [0.3, 0.4) is 0 Å². The number of ether oxygens (including phenoxy) is 2. The Hall–Kier alpha value is -3.73. The highest BCUT2D eigenvalue weighted by Gasteiger charge is 2.15. The summed E-state index contributed by atoms with van der Waals surface area (Å²) in [5, 5.41) is 4.95. The molecular weight excluding hydrogens is 642 g/mol. The molecule has 0 atom stereocenters. The number of carbonyl (C=O) groups excluding carboxylic acids is 3. The zero-order valence-corrected chi connectivity index (χ0v) is 23.0. The first kappa shape index (κ1) is 27.3. The van der Waals surface area contributed by atoms with Gasteiger partial charge in [0.25, 0.3) is 5.91 Å². The Morgan fingerprint density at radius 2 is 1.34 bits per heavy atom. The Balaban J connectivity index is 1.57. The molecule has 0 aliphatic rings. The van der Waals surface area contributed by atoms with Gasteiger partial charge in [0.15, 0.2) is 0 Å². The number of hydrogen-bond acceptors (Lipinski definition) is 6. The molecule has 0 saturated heterocycles. The van der Waals surface area contributed by atoms with E-state index < -0.39 is 17.8 Å². The Labute approximate surface area is 241 Å².